The molecule has 9 heteroatoms. The van der Waals surface area contributed by atoms with E-state index < -0.39 is 5.97 Å². The number of nitrogens with zero attached hydrogens (tertiary/aromatic N) is 3. The topological polar surface area (TPSA) is 102 Å². The molecule has 3 aliphatic heterocycles. The molecule has 3 saturated heterocycles. The zero-order chi connectivity index (χ0) is 20.4. The Morgan fingerprint density at radius 2 is 1.83 bits per heavy atom. The maximum atomic E-state index is 12.9. The SMILES string of the molecule is O=C(O)CCC(=O)N1CC2(C1)CN(C(=O)Nc1ccccc1)C[C@@H]1COCCN12. The van der Waals surface area contributed by atoms with E-state index in [1.54, 1.807) is 4.90 Å². The number of aliphatic carboxylic acids is 1. The second-order valence-corrected chi connectivity index (χ2v) is 7.97. The van der Waals surface area contributed by atoms with Crippen molar-refractivity contribution in [1.29, 1.82) is 0 Å². The van der Waals surface area contributed by atoms with Gasteiger partial charge < -0.3 is 25.0 Å². The Kier molecular flexibility index (Phi) is 5.42. The number of amides is 3. The van der Waals surface area contributed by atoms with Gasteiger partial charge >= 0.3 is 12.0 Å². The fraction of sp³-hybridized carbons (Fsp3) is 0.550. The number of carboxylic acid groups (broad SMARTS) is 1. The first-order chi connectivity index (χ1) is 14.0. The molecule has 3 amide bonds. The van der Waals surface area contributed by atoms with E-state index in [2.05, 4.69) is 10.2 Å². The standard InChI is InChI=1S/C20H26N4O5/c25-17(6-7-18(26)27)23-13-20(14-23)12-22(10-16-11-29-9-8-24(16)20)19(28)21-15-4-2-1-3-5-15/h1-5,16H,6-14H2,(H,21,28)(H,26,27)/t16-/m1/s1. The van der Waals surface area contributed by atoms with E-state index in [0.717, 1.165) is 12.2 Å². The van der Waals surface area contributed by atoms with Crippen molar-refractivity contribution in [2.24, 2.45) is 0 Å². The molecule has 3 aliphatic rings. The molecule has 0 bridgehead atoms. The number of urea groups is 1. The summed E-state index contributed by atoms with van der Waals surface area (Å²) in [4.78, 5) is 41.8. The molecule has 156 valence electrons. The Labute approximate surface area is 169 Å². The summed E-state index contributed by atoms with van der Waals surface area (Å²) in [6, 6.07) is 9.27. The third-order valence-electron chi connectivity index (χ3n) is 5.94. The van der Waals surface area contributed by atoms with Crippen molar-refractivity contribution in [3.63, 3.8) is 0 Å². The van der Waals surface area contributed by atoms with Gasteiger partial charge in [-0.05, 0) is 12.1 Å². The number of benzene rings is 1. The van der Waals surface area contributed by atoms with E-state index >= 15 is 0 Å². The van der Waals surface area contributed by atoms with E-state index in [4.69, 9.17) is 9.84 Å². The van der Waals surface area contributed by atoms with E-state index in [9.17, 15) is 14.4 Å². The highest BCUT2D eigenvalue weighted by molar-refractivity contribution is 5.89. The molecule has 2 N–H and O–H groups in total. The summed E-state index contributed by atoms with van der Waals surface area (Å²) in [7, 11) is 0. The Balaban J connectivity index is 1.44. The second kappa shape index (κ2) is 8.00. The fourth-order valence-corrected chi connectivity index (χ4v) is 4.57. The minimum absolute atomic E-state index is 0.0101. The zero-order valence-corrected chi connectivity index (χ0v) is 16.2. The molecule has 4 rings (SSSR count). The largest absolute Gasteiger partial charge is 0.481 e. The molecule has 1 atom stereocenters. The molecule has 3 fully saturated rings. The van der Waals surface area contributed by atoms with Crippen LogP contribution >= 0.6 is 0 Å². The number of likely N-dealkylation sites (tertiary alicyclic amines) is 1. The average molecular weight is 402 g/mol. The molecule has 0 radical (unpaired) electrons. The van der Waals surface area contributed by atoms with Crippen LogP contribution in [0.4, 0.5) is 10.5 Å². The first-order valence-electron chi connectivity index (χ1n) is 9.92. The highest BCUT2D eigenvalue weighted by Crippen LogP contribution is 2.36. The van der Waals surface area contributed by atoms with Gasteiger partial charge in [0.15, 0.2) is 0 Å². The van der Waals surface area contributed by atoms with Crippen LogP contribution < -0.4 is 5.32 Å². The first-order valence-corrected chi connectivity index (χ1v) is 9.92. The molecule has 9 nitrogen and oxygen atoms in total. The number of ether oxygens (including phenoxy) is 1. The number of hydrogen-bond donors (Lipinski definition) is 2. The maximum Gasteiger partial charge on any atom is 0.321 e. The monoisotopic (exact) mass is 402 g/mol. The van der Waals surface area contributed by atoms with Crippen molar-refractivity contribution in [2.45, 2.75) is 24.4 Å². The Morgan fingerprint density at radius 1 is 1.10 bits per heavy atom. The van der Waals surface area contributed by atoms with Crippen molar-refractivity contribution in [3.8, 4) is 0 Å². The van der Waals surface area contributed by atoms with Crippen LogP contribution in [-0.2, 0) is 14.3 Å². The van der Waals surface area contributed by atoms with Crippen LogP contribution in [0.3, 0.4) is 0 Å². The molecule has 1 aromatic carbocycles. The van der Waals surface area contributed by atoms with Gasteiger partial charge in [0, 0.05) is 44.8 Å². The van der Waals surface area contributed by atoms with Gasteiger partial charge in [0.25, 0.3) is 0 Å². The molecule has 29 heavy (non-hydrogen) atoms. The molecule has 1 aromatic rings. The highest BCUT2D eigenvalue weighted by atomic mass is 16.5. The number of fused-ring (bicyclic) bond motifs is 2. The third-order valence-corrected chi connectivity index (χ3v) is 5.94. The number of carboxylic acids is 1. The van der Waals surface area contributed by atoms with Gasteiger partial charge in [-0.1, -0.05) is 18.2 Å². The average Bonchev–Trinajstić information content (AvgIpc) is 2.70. The number of anilines is 1. The normalized spacial score (nSPS) is 23.2. The Bertz CT molecular complexity index is 780. The van der Waals surface area contributed by atoms with Crippen LogP contribution in [0.5, 0.6) is 0 Å². The van der Waals surface area contributed by atoms with E-state index in [1.807, 2.05) is 35.2 Å². The molecule has 0 unspecified atom stereocenters. The van der Waals surface area contributed by atoms with E-state index in [0.29, 0.717) is 39.4 Å². The van der Waals surface area contributed by atoms with Gasteiger partial charge in [0.05, 0.1) is 31.2 Å². The number of para-hydroxylation sites is 1. The Morgan fingerprint density at radius 3 is 2.55 bits per heavy atom. The molecule has 0 aliphatic carbocycles. The van der Waals surface area contributed by atoms with Gasteiger partial charge in [-0.2, -0.15) is 0 Å². The van der Waals surface area contributed by atoms with E-state index in [1.165, 1.54) is 0 Å². The molecule has 0 aromatic heterocycles. The molecule has 1 spiro atoms. The molecular formula is C20H26N4O5. The quantitative estimate of drug-likeness (QED) is 0.768. The number of morpholine rings is 1. The second-order valence-electron chi connectivity index (χ2n) is 7.97. The lowest BCUT2D eigenvalue weighted by Crippen LogP contribution is -2.81. The number of nitrogens with one attached hydrogen (secondary N) is 1. The predicted octanol–water partition coefficient (Wildman–Crippen LogP) is 0.681. The lowest BCUT2D eigenvalue weighted by Gasteiger charge is -2.63. The van der Waals surface area contributed by atoms with Gasteiger partial charge in [-0.25, -0.2) is 4.79 Å². The van der Waals surface area contributed by atoms with Crippen molar-refractivity contribution in [3.05, 3.63) is 30.3 Å². The lowest BCUT2D eigenvalue weighted by atomic mass is 9.82. The fourth-order valence-electron chi connectivity index (χ4n) is 4.57. The number of piperazine rings is 1. The number of carbonyl (C=O) groups is 3. The van der Waals surface area contributed by atoms with Gasteiger partial charge in [0.1, 0.15) is 0 Å². The lowest BCUT2D eigenvalue weighted by molar-refractivity contribution is -0.172. The Hall–Kier alpha value is -2.65. The van der Waals surface area contributed by atoms with Crippen LogP contribution in [0.15, 0.2) is 30.3 Å². The summed E-state index contributed by atoms with van der Waals surface area (Å²) < 4.78 is 5.64. The summed E-state index contributed by atoms with van der Waals surface area (Å²) in [5.41, 5.74) is 0.451. The number of hydrogen-bond acceptors (Lipinski definition) is 5. The molecular weight excluding hydrogens is 376 g/mol. The number of rotatable bonds is 4. The molecule has 3 heterocycles. The summed E-state index contributed by atoms with van der Waals surface area (Å²) in [5.74, 6) is -1.11. The van der Waals surface area contributed by atoms with E-state index in [-0.39, 0.29) is 36.4 Å². The van der Waals surface area contributed by atoms with Gasteiger partial charge in [-0.3, -0.25) is 14.5 Å². The first kappa shape index (κ1) is 19.7. The van der Waals surface area contributed by atoms with Crippen LogP contribution in [0, 0.1) is 0 Å². The predicted molar refractivity (Wildman–Crippen MR) is 105 cm³/mol. The van der Waals surface area contributed by atoms with Crippen LogP contribution in [0.25, 0.3) is 0 Å². The van der Waals surface area contributed by atoms with Crippen molar-refractivity contribution in [2.75, 3.05) is 51.3 Å². The summed E-state index contributed by atoms with van der Waals surface area (Å²) in [5, 5.41) is 11.7. The van der Waals surface area contributed by atoms with Crippen molar-refractivity contribution >= 4 is 23.6 Å². The highest BCUT2D eigenvalue weighted by Gasteiger charge is 2.56. The van der Waals surface area contributed by atoms with Crippen molar-refractivity contribution in [1.82, 2.24) is 14.7 Å². The minimum atomic E-state index is -0.969. The summed E-state index contributed by atoms with van der Waals surface area (Å²) in [6.07, 6.45) is -0.149. The molecule has 0 saturated carbocycles. The van der Waals surface area contributed by atoms with Crippen molar-refractivity contribution < 1.29 is 24.2 Å². The smallest absolute Gasteiger partial charge is 0.321 e. The summed E-state index contributed by atoms with van der Waals surface area (Å²) >= 11 is 0. The minimum Gasteiger partial charge on any atom is -0.481 e. The van der Waals surface area contributed by atoms with Crippen LogP contribution in [0.2, 0.25) is 0 Å². The maximum absolute atomic E-state index is 12.9. The third kappa shape index (κ3) is 4.06. The zero-order valence-electron chi connectivity index (χ0n) is 16.2. The number of carbonyl (C=O) groups excluding carboxylic acids is 2. The van der Waals surface area contributed by atoms with Gasteiger partial charge in [-0.15, -0.1) is 0 Å². The van der Waals surface area contributed by atoms with Crippen LogP contribution in [-0.4, -0.2) is 95.2 Å². The summed E-state index contributed by atoms with van der Waals surface area (Å²) in [6.45, 7) is 4.10. The van der Waals surface area contributed by atoms with Crippen LogP contribution in [0.1, 0.15) is 12.8 Å². The van der Waals surface area contributed by atoms with Gasteiger partial charge in [0.2, 0.25) is 5.91 Å².